The summed E-state index contributed by atoms with van der Waals surface area (Å²) in [6.45, 7) is 2.88. The highest BCUT2D eigenvalue weighted by Crippen LogP contribution is 2.30. The van der Waals surface area contributed by atoms with Gasteiger partial charge in [-0.15, -0.1) is 0 Å². The SMILES string of the molecule is CCNC(=O)Nc1ccc(-c2cncc(N[C@@H](COC)c3ccccc3)n2)cc1OC. The van der Waals surface area contributed by atoms with Gasteiger partial charge in [-0.3, -0.25) is 4.98 Å². The Labute approximate surface area is 182 Å². The molecule has 0 saturated carbocycles. The standard InChI is InChI=1S/C23H27N5O3/c1-4-25-23(29)28-18-11-10-17(12-21(18)31-3)19-13-24-14-22(26-19)27-20(15-30-2)16-8-6-5-7-9-16/h5-14,20H,4,15H2,1-3H3,(H,26,27)(H2,25,28,29)/t20-/m0/s1. The van der Waals surface area contributed by atoms with E-state index in [0.29, 0.717) is 36.1 Å². The Morgan fingerprint density at radius 1 is 1.10 bits per heavy atom. The summed E-state index contributed by atoms with van der Waals surface area (Å²) in [6.07, 6.45) is 3.36. The summed E-state index contributed by atoms with van der Waals surface area (Å²) in [5, 5.41) is 8.86. The lowest BCUT2D eigenvalue weighted by Crippen LogP contribution is -2.28. The first-order valence-corrected chi connectivity index (χ1v) is 10.00. The van der Waals surface area contributed by atoms with E-state index in [0.717, 1.165) is 11.1 Å². The van der Waals surface area contributed by atoms with E-state index in [1.807, 2.05) is 49.4 Å². The quantitative estimate of drug-likeness (QED) is 0.481. The summed E-state index contributed by atoms with van der Waals surface area (Å²) < 4.78 is 10.8. The molecule has 0 aliphatic rings. The normalized spacial score (nSPS) is 11.5. The Morgan fingerprint density at radius 3 is 2.61 bits per heavy atom. The monoisotopic (exact) mass is 421 g/mol. The average Bonchev–Trinajstić information content (AvgIpc) is 2.80. The lowest BCUT2D eigenvalue weighted by Gasteiger charge is -2.19. The summed E-state index contributed by atoms with van der Waals surface area (Å²) in [4.78, 5) is 20.9. The maximum absolute atomic E-state index is 11.8. The third-order valence-corrected chi connectivity index (χ3v) is 4.57. The minimum absolute atomic E-state index is 0.0612. The van der Waals surface area contributed by atoms with E-state index >= 15 is 0 Å². The third-order valence-electron chi connectivity index (χ3n) is 4.57. The van der Waals surface area contributed by atoms with Crippen LogP contribution >= 0.6 is 0 Å². The zero-order valence-corrected chi connectivity index (χ0v) is 17.9. The molecule has 0 aliphatic carbocycles. The van der Waals surface area contributed by atoms with E-state index in [1.54, 1.807) is 32.7 Å². The van der Waals surface area contributed by atoms with Crippen molar-refractivity contribution < 1.29 is 14.3 Å². The van der Waals surface area contributed by atoms with E-state index in [-0.39, 0.29) is 12.1 Å². The van der Waals surface area contributed by atoms with E-state index in [1.165, 1.54) is 0 Å². The number of hydrogen-bond donors (Lipinski definition) is 3. The average molecular weight is 422 g/mol. The number of carbonyl (C=O) groups is 1. The second kappa shape index (κ2) is 10.9. The second-order valence-electron chi connectivity index (χ2n) is 6.75. The van der Waals surface area contributed by atoms with Crippen molar-refractivity contribution in [1.29, 1.82) is 0 Å². The Kier molecular flexibility index (Phi) is 7.78. The van der Waals surface area contributed by atoms with Crippen molar-refractivity contribution >= 4 is 17.5 Å². The molecule has 1 aromatic heterocycles. The first-order chi connectivity index (χ1) is 15.1. The van der Waals surface area contributed by atoms with Crippen molar-refractivity contribution in [2.24, 2.45) is 0 Å². The number of rotatable bonds is 9. The molecule has 0 unspecified atom stereocenters. The molecule has 8 nitrogen and oxygen atoms in total. The molecule has 1 heterocycles. The van der Waals surface area contributed by atoms with Gasteiger partial charge in [0.15, 0.2) is 0 Å². The van der Waals surface area contributed by atoms with Gasteiger partial charge in [0.05, 0.1) is 43.5 Å². The molecule has 3 N–H and O–H groups in total. The van der Waals surface area contributed by atoms with Gasteiger partial charge in [0, 0.05) is 19.2 Å². The van der Waals surface area contributed by atoms with Gasteiger partial charge in [-0.2, -0.15) is 0 Å². The Morgan fingerprint density at radius 2 is 1.90 bits per heavy atom. The fourth-order valence-corrected chi connectivity index (χ4v) is 3.11. The lowest BCUT2D eigenvalue weighted by molar-refractivity contribution is 0.186. The molecular formula is C23H27N5O3. The molecule has 0 radical (unpaired) electrons. The van der Waals surface area contributed by atoms with Crippen LogP contribution in [0.3, 0.4) is 0 Å². The Balaban J connectivity index is 1.82. The highest BCUT2D eigenvalue weighted by molar-refractivity contribution is 5.91. The van der Waals surface area contributed by atoms with Crippen LogP contribution in [-0.2, 0) is 4.74 Å². The zero-order chi connectivity index (χ0) is 22.1. The number of aromatic nitrogens is 2. The fraction of sp³-hybridized carbons (Fsp3) is 0.261. The molecule has 0 spiro atoms. The van der Waals surface area contributed by atoms with Crippen molar-refractivity contribution in [2.75, 3.05) is 38.0 Å². The number of nitrogens with zero attached hydrogens (tertiary/aromatic N) is 2. The van der Waals surface area contributed by atoms with E-state index in [4.69, 9.17) is 14.5 Å². The molecular weight excluding hydrogens is 394 g/mol. The van der Waals surface area contributed by atoms with Crippen molar-refractivity contribution in [3.63, 3.8) is 0 Å². The zero-order valence-electron chi connectivity index (χ0n) is 17.9. The minimum Gasteiger partial charge on any atom is -0.495 e. The summed E-state index contributed by atoms with van der Waals surface area (Å²) in [5.41, 5.74) is 3.16. The van der Waals surface area contributed by atoms with Crippen molar-refractivity contribution in [3.05, 3.63) is 66.5 Å². The van der Waals surface area contributed by atoms with Crippen LogP contribution in [0.25, 0.3) is 11.3 Å². The second-order valence-corrected chi connectivity index (χ2v) is 6.75. The molecule has 3 aromatic rings. The molecule has 8 heteroatoms. The van der Waals surface area contributed by atoms with Crippen molar-refractivity contribution in [2.45, 2.75) is 13.0 Å². The number of anilines is 2. The number of urea groups is 1. The highest BCUT2D eigenvalue weighted by atomic mass is 16.5. The first-order valence-electron chi connectivity index (χ1n) is 10.00. The molecule has 31 heavy (non-hydrogen) atoms. The Hall–Kier alpha value is -3.65. The number of carbonyl (C=O) groups excluding carboxylic acids is 1. The third kappa shape index (κ3) is 5.93. The summed E-state index contributed by atoms with van der Waals surface area (Å²) >= 11 is 0. The van der Waals surface area contributed by atoms with Gasteiger partial charge < -0.3 is 25.4 Å². The van der Waals surface area contributed by atoms with Gasteiger partial charge in [0.25, 0.3) is 0 Å². The molecule has 1 atom stereocenters. The van der Waals surface area contributed by atoms with Crippen molar-refractivity contribution in [3.8, 4) is 17.0 Å². The van der Waals surface area contributed by atoms with Crippen LogP contribution in [0.5, 0.6) is 5.75 Å². The predicted molar refractivity (Wildman–Crippen MR) is 121 cm³/mol. The van der Waals surface area contributed by atoms with Gasteiger partial charge in [0.2, 0.25) is 0 Å². The highest BCUT2D eigenvalue weighted by Gasteiger charge is 2.14. The molecule has 2 aromatic carbocycles. The van der Waals surface area contributed by atoms with Crippen LogP contribution in [0, 0.1) is 0 Å². The smallest absolute Gasteiger partial charge is 0.319 e. The molecule has 3 rings (SSSR count). The lowest BCUT2D eigenvalue weighted by atomic mass is 10.1. The van der Waals surface area contributed by atoms with Gasteiger partial charge in [-0.1, -0.05) is 36.4 Å². The van der Waals surface area contributed by atoms with E-state index < -0.39 is 0 Å². The Bertz CT molecular complexity index is 998. The van der Waals surface area contributed by atoms with Crippen molar-refractivity contribution in [1.82, 2.24) is 15.3 Å². The maximum Gasteiger partial charge on any atom is 0.319 e. The number of hydrogen-bond acceptors (Lipinski definition) is 6. The van der Waals surface area contributed by atoms with Gasteiger partial charge >= 0.3 is 6.03 Å². The molecule has 0 aliphatic heterocycles. The van der Waals surface area contributed by atoms with Crippen LogP contribution in [0.1, 0.15) is 18.5 Å². The summed E-state index contributed by atoms with van der Waals surface area (Å²) in [7, 11) is 3.23. The summed E-state index contributed by atoms with van der Waals surface area (Å²) in [6, 6.07) is 15.2. The number of nitrogens with one attached hydrogen (secondary N) is 3. The largest absolute Gasteiger partial charge is 0.495 e. The van der Waals surface area contributed by atoms with E-state index in [2.05, 4.69) is 20.9 Å². The fourth-order valence-electron chi connectivity index (χ4n) is 3.11. The number of amides is 2. The first kappa shape index (κ1) is 22.0. The number of ether oxygens (including phenoxy) is 2. The van der Waals surface area contributed by atoms with Crippen LogP contribution in [-0.4, -0.2) is 43.4 Å². The molecule has 162 valence electrons. The number of benzene rings is 2. The molecule has 0 saturated heterocycles. The van der Waals surface area contributed by atoms with E-state index in [9.17, 15) is 4.79 Å². The molecule has 0 bridgehead atoms. The molecule has 2 amide bonds. The topological polar surface area (TPSA) is 97.4 Å². The summed E-state index contributed by atoms with van der Waals surface area (Å²) in [5.74, 6) is 1.16. The van der Waals surface area contributed by atoms with Crippen LogP contribution in [0.4, 0.5) is 16.3 Å². The van der Waals surface area contributed by atoms with Crippen LogP contribution < -0.4 is 20.7 Å². The number of methoxy groups -OCH3 is 2. The van der Waals surface area contributed by atoms with Gasteiger partial charge in [-0.05, 0) is 24.6 Å². The van der Waals surface area contributed by atoms with Gasteiger partial charge in [-0.25, -0.2) is 9.78 Å². The predicted octanol–water partition coefficient (Wildman–Crippen LogP) is 4.09. The van der Waals surface area contributed by atoms with Crippen LogP contribution in [0.2, 0.25) is 0 Å². The van der Waals surface area contributed by atoms with Gasteiger partial charge in [0.1, 0.15) is 11.6 Å². The molecule has 0 fully saturated rings. The van der Waals surface area contributed by atoms with Crippen LogP contribution in [0.15, 0.2) is 60.9 Å². The maximum atomic E-state index is 11.8. The minimum atomic E-state index is -0.287.